The van der Waals surface area contributed by atoms with E-state index in [0.717, 1.165) is 22.5 Å². The summed E-state index contributed by atoms with van der Waals surface area (Å²) in [7, 11) is 0. The second kappa shape index (κ2) is 10.4. The number of amides is 1. The molecule has 2 rings (SSSR count). The number of hydrogen-bond acceptors (Lipinski definition) is 4. The van der Waals surface area contributed by atoms with Crippen LogP contribution in [0, 0.1) is 6.92 Å². The average Bonchev–Trinajstić information content (AvgIpc) is 2.66. The van der Waals surface area contributed by atoms with Gasteiger partial charge in [-0.2, -0.15) is 5.10 Å². The molecule has 0 heterocycles. The van der Waals surface area contributed by atoms with Crippen molar-refractivity contribution in [2.24, 2.45) is 5.10 Å². The third-order valence-corrected chi connectivity index (χ3v) is 4.02. The highest BCUT2D eigenvalue weighted by molar-refractivity contribution is 7.80. The predicted octanol–water partition coefficient (Wildman–Crippen LogP) is 3.61. The van der Waals surface area contributed by atoms with Crippen LogP contribution in [0.25, 0.3) is 0 Å². The molecule has 0 unspecified atom stereocenters. The van der Waals surface area contributed by atoms with Gasteiger partial charge in [0.2, 0.25) is 0 Å². The standard InChI is InChI=1S/C21H26N4O2S/c1-14(2)22-21(28)25-24-16(4)17-9-11-18(12-10-17)27-13-20(26)23-19-8-6-5-7-15(19)3/h5-12,14H,13H2,1-4H3,(H,23,26)(H2,22,25,28)/b24-16-. The van der Waals surface area contributed by atoms with E-state index in [1.54, 1.807) is 12.1 Å². The monoisotopic (exact) mass is 398 g/mol. The fourth-order valence-electron chi connectivity index (χ4n) is 2.33. The highest BCUT2D eigenvalue weighted by atomic mass is 32.1. The van der Waals surface area contributed by atoms with E-state index in [9.17, 15) is 4.79 Å². The number of hydrogen-bond donors (Lipinski definition) is 3. The Kier molecular flexibility index (Phi) is 7.95. The van der Waals surface area contributed by atoms with Crippen LogP contribution >= 0.6 is 12.2 Å². The first-order valence-corrected chi connectivity index (χ1v) is 9.45. The van der Waals surface area contributed by atoms with Crippen LogP contribution in [0.4, 0.5) is 5.69 Å². The quantitative estimate of drug-likeness (QED) is 0.377. The van der Waals surface area contributed by atoms with E-state index < -0.39 is 0 Å². The number of benzene rings is 2. The van der Waals surface area contributed by atoms with Crippen LogP contribution in [0.5, 0.6) is 5.75 Å². The summed E-state index contributed by atoms with van der Waals surface area (Å²) < 4.78 is 5.56. The van der Waals surface area contributed by atoms with Crippen molar-refractivity contribution in [3.63, 3.8) is 0 Å². The van der Waals surface area contributed by atoms with Gasteiger partial charge in [-0.05, 0) is 81.4 Å². The number of hydrazone groups is 1. The van der Waals surface area contributed by atoms with Crippen molar-refractivity contribution in [3.8, 4) is 5.75 Å². The number of anilines is 1. The second-order valence-corrected chi connectivity index (χ2v) is 7.02. The van der Waals surface area contributed by atoms with Crippen LogP contribution in [0.15, 0.2) is 53.6 Å². The van der Waals surface area contributed by atoms with Crippen molar-refractivity contribution >= 4 is 34.6 Å². The number of ether oxygens (including phenoxy) is 1. The van der Waals surface area contributed by atoms with Gasteiger partial charge in [-0.15, -0.1) is 0 Å². The molecular formula is C21H26N4O2S. The van der Waals surface area contributed by atoms with Crippen molar-refractivity contribution in [1.29, 1.82) is 0 Å². The first kappa shape index (κ1) is 21.4. The first-order chi connectivity index (χ1) is 13.3. The molecule has 148 valence electrons. The molecular weight excluding hydrogens is 372 g/mol. The third kappa shape index (κ3) is 7.00. The molecule has 0 aliphatic rings. The summed E-state index contributed by atoms with van der Waals surface area (Å²) in [4.78, 5) is 12.1. The van der Waals surface area contributed by atoms with Crippen LogP contribution < -0.4 is 20.8 Å². The second-order valence-electron chi connectivity index (χ2n) is 6.61. The van der Waals surface area contributed by atoms with Gasteiger partial charge in [0.1, 0.15) is 5.75 Å². The third-order valence-electron chi connectivity index (χ3n) is 3.81. The van der Waals surface area contributed by atoms with E-state index in [0.29, 0.717) is 10.9 Å². The van der Waals surface area contributed by atoms with Gasteiger partial charge in [0.25, 0.3) is 5.91 Å². The number of nitrogens with one attached hydrogen (secondary N) is 3. The molecule has 0 aromatic heterocycles. The van der Waals surface area contributed by atoms with E-state index in [-0.39, 0.29) is 18.6 Å². The van der Waals surface area contributed by atoms with Gasteiger partial charge in [0, 0.05) is 11.7 Å². The minimum atomic E-state index is -0.202. The molecule has 28 heavy (non-hydrogen) atoms. The lowest BCUT2D eigenvalue weighted by molar-refractivity contribution is -0.118. The van der Waals surface area contributed by atoms with Crippen molar-refractivity contribution in [1.82, 2.24) is 10.7 Å². The van der Waals surface area contributed by atoms with E-state index >= 15 is 0 Å². The van der Waals surface area contributed by atoms with Crippen LogP contribution in [-0.4, -0.2) is 29.4 Å². The van der Waals surface area contributed by atoms with Gasteiger partial charge >= 0.3 is 0 Å². The maximum Gasteiger partial charge on any atom is 0.262 e. The van der Waals surface area contributed by atoms with E-state index in [4.69, 9.17) is 17.0 Å². The first-order valence-electron chi connectivity index (χ1n) is 9.04. The number of nitrogens with zero attached hydrogens (tertiary/aromatic N) is 1. The molecule has 0 aliphatic carbocycles. The van der Waals surface area contributed by atoms with Gasteiger partial charge < -0.3 is 15.4 Å². The zero-order valence-corrected chi connectivity index (χ0v) is 17.4. The summed E-state index contributed by atoms with van der Waals surface area (Å²) >= 11 is 5.15. The smallest absolute Gasteiger partial charge is 0.262 e. The molecule has 0 bridgehead atoms. The number of carbonyl (C=O) groups excluding carboxylic acids is 1. The zero-order chi connectivity index (χ0) is 20.5. The maximum atomic E-state index is 12.1. The van der Waals surface area contributed by atoms with Crippen molar-refractivity contribution in [2.75, 3.05) is 11.9 Å². The number of aryl methyl sites for hydroxylation is 1. The lowest BCUT2D eigenvalue weighted by atomic mass is 10.1. The minimum Gasteiger partial charge on any atom is -0.484 e. The Hall–Kier alpha value is -2.93. The molecule has 0 spiro atoms. The number of thiocarbonyl (C=S) groups is 1. The van der Waals surface area contributed by atoms with Gasteiger partial charge in [0.15, 0.2) is 11.7 Å². The van der Waals surface area contributed by atoms with E-state index in [2.05, 4.69) is 21.2 Å². The Morgan fingerprint density at radius 1 is 1.14 bits per heavy atom. The molecule has 7 heteroatoms. The number of carbonyl (C=O) groups is 1. The molecule has 3 N–H and O–H groups in total. The van der Waals surface area contributed by atoms with Gasteiger partial charge in [0.05, 0.1) is 5.71 Å². The molecule has 2 aromatic carbocycles. The summed E-state index contributed by atoms with van der Waals surface area (Å²) in [5.74, 6) is 0.410. The largest absolute Gasteiger partial charge is 0.484 e. The SMILES string of the molecule is C/C(=N/NC(=S)NC(C)C)c1ccc(OCC(=O)Nc2ccccc2C)cc1. The van der Waals surface area contributed by atoms with Crippen LogP contribution in [0.1, 0.15) is 31.9 Å². The fourth-order valence-corrected chi connectivity index (χ4v) is 2.62. The van der Waals surface area contributed by atoms with Crippen LogP contribution in [-0.2, 0) is 4.79 Å². The molecule has 6 nitrogen and oxygen atoms in total. The van der Waals surface area contributed by atoms with Crippen molar-refractivity contribution < 1.29 is 9.53 Å². The Labute approximate surface area is 171 Å². The van der Waals surface area contributed by atoms with E-state index in [1.165, 1.54) is 0 Å². The minimum absolute atomic E-state index is 0.0581. The molecule has 0 atom stereocenters. The normalized spacial score (nSPS) is 11.1. The Morgan fingerprint density at radius 3 is 2.46 bits per heavy atom. The predicted molar refractivity (Wildman–Crippen MR) is 118 cm³/mol. The molecule has 0 radical (unpaired) electrons. The molecule has 1 amide bonds. The van der Waals surface area contributed by atoms with Crippen molar-refractivity contribution in [3.05, 3.63) is 59.7 Å². The molecule has 0 aliphatic heterocycles. The van der Waals surface area contributed by atoms with Gasteiger partial charge in [-0.1, -0.05) is 18.2 Å². The lowest BCUT2D eigenvalue weighted by Crippen LogP contribution is -2.37. The summed E-state index contributed by atoms with van der Waals surface area (Å²) in [5, 5.41) is 10.6. The summed E-state index contributed by atoms with van der Waals surface area (Å²) in [6.45, 7) is 7.78. The molecule has 0 saturated heterocycles. The lowest BCUT2D eigenvalue weighted by Gasteiger charge is -2.11. The Bertz CT molecular complexity index is 848. The highest BCUT2D eigenvalue weighted by Crippen LogP contribution is 2.15. The van der Waals surface area contributed by atoms with Crippen LogP contribution in [0.3, 0.4) is 0 Å². The number of para-hydroxylation sites is 1. The zero-order valence-electron chi connectivity index (χ0n) is 16.6. The average molecular weight is 399 g/mol. The fraction of sp³-hybridized carbons (Fsp3) is 0.286. The van der Waals surface area contributed by atoms with Gasteiger partial charge in [-0.3, -0.25) is 10.2 Å². The molecule has 0 fully saturated rings. The summed E-state index contributed by atoms with van der Waals surface area (Å²) in [6.07, 6.45) is 0. The number of rotatable bonds is 7. The Balaban J connectivity index is 1.86. The van der Waals surface area contributed by atoms with Crippen molar-refractivity contribution in [2.45, 2.75) is 33.7 Å². The van der Waals surface area contributed by atoms with Gasteiger partial charge in [-0.25, -0.2) is 0 Å². The summed E-state index contributed by atoms with van der Waals surface area (Å²) in [6, 6.07) is 15.2. The summed E-state index contributed by atoms with van der Waals surface area (Å²) in [5.41, 5.74) is 6.33. The molecule has 0 saturated carbocycles. The van der Waals surface area contributed by atoms with Crippen LogP contribution in [0.2, 0.25) is 0 Å². The highest BCUT2D eigenvalue weighted by Gasteiger charge is 2.06. The van der Waals surface area contributed by atoms with E-state index in [1.807, 2.05) is 64.1 Å². The Morgan fingerprint density at radius 2 is 1.82 bits per heavy atom. The maximum absolute atomic E-state index is 12.1. The topological polar surface area (TPSA) is 74.8 Å². The molecule has 2 aromatic rings.